The van der Waals surface area contributed by atoms with E-state index in [0.29, 0.717) is 6.42 Å². The molecule has 39 heavy (non-hydrogen) atoms. The van der Waals surface area contributed by atoms with Crippen LogP contribution in [0.15, 0.2) is 48.7 Å². The fraction of sp³-hybridized carbons (Fsp3) is 0.464. The molecule has 1 saturated heterocycles. The predicted octanol–water partition coefficient (Wildman–Crippen LogP) is 1.09. The SMILES string of the molecule is CCC(C)C1OC(=O)[C@H](C)[C@H](O)[C@H](Cc2ccccc2)NC(=O)[C@@H](NC(=O)c2ncccc2O)[C@@H](C)NC1=O. The van der Waals surface area contributed by atoms with Crippen LogP contribution in [0.3, 0.4) is 0 Å². The second kappa shape index (κ2) is 13.2. The van der Waals surface area contributed by atoms with Gasteiger partial charge < -0.3 is 30.9 Å². The summed E-state index contributed by atoms with van der Waals surface area (Å²) in [6.45, 7) is 6.59. The first-order valence-corrected chi connectivity index (χ1v) is 13.0. The van der Waals surface area contributed by atoms with Crippen LogP contribution in [0.25, 0.3) is 0 Å². The van der Waals surface area contributed by atoms with E-state index >= 15 is 0 Å². The van der Waals surface area contributed by atoms with Gasteiger partial charge in [0.15, 0.2) is 11.8 Å². The van der Waals surface area contributed by atoms with Crippen molar-refractivity contribution in [1.82, 2.24) is 20.9 Å². The number of rotatable bonds is 6. The van der Waals surface area contributed by atoms with Gasteiger partial charge in [-0.15, -0.1) is 0 Å². The number of aliphatic hydroxyl groups excluding tert-OH is 1. The summed E-state index contributed by atoms with van der Waals surface area (Å²) < 4.78 is 5.59. The highest BCUT2D eigenvalue weighted by Crippen LogP contribution is 2.20. The fourth-order valence-corrected chi connectivity index (χ4v) is 4.35. The van der Waals surface area contributed by atoms with Crippen LogP contribution >= 0.6 is 0 Å². The first kappa shape index (κ1) is 29.6. The lowest BCUT2D eigenvalue weighted by atomic mass is 9.91. The van der Waals surface area contributed by atoms with E-state index in [0.717, 1.165) is 5.56 Å². The van der Waals surface area contributed by atoms with Gasteiger partial charge in [-0.1, -0.05) is 44.2 Å². The van der Waals surface area contributed by atoms with Gasteiger partial charge in [-0.25, -0.2) is 4.98 Å². The zero-order valence-electron chi connectivity index (χ0n) is 22.5. The molecule has 5 N–H and O–H groups in total. The second-order valence-corrected chi connectivity index (χ2v) is 9.95. The number of aliphatic hydroxyl groups is 1. The molecule has 1 aliphatic rings. The molecule has 2 aromatic rings. The number of hydrogen-bond donors (Lipinski definition) is 5. The first-order chi connectivity index (χ1) is 18.5. The highest BCUT2D eigenvalue weighted by Gasteiger charge is 2.40. The molecule has 210 valence electrons. The molecule has 0 radical (unpaired) electrons. The van der Waals surface area contributed by atoms with E-state index in [-0.39, 0.29) is 23.8 Å². The predicted molar refractivity (Wildman–Crippen MR) is 141 cm³/mol. The molecule has 1 aliphatic heterocycles. The molecule has 1 aromatic heterocycles. The Balaban J connectivity index is 2.00. The van der Waals surface area contributed by atoms with Crippen LogP contribution in [0.2, 0.25) is 0 Å². The summed E-state index contributed by atoms with van der Waals surface area (Å²) >= 11 is 0. The van der Waals surface area contributed by atoms with Crippen molar-refractivity contribution in [2.24, 2.45) is 11.8 Å². The van der Waals surface area contributed by atoms with Gasteiger partial charge in [0.2, 0.25) is 5.91 Å². The number of esters is 1. The molecule has 7 atom stereocenters. The molecule has 1 fully saturated rings. The molecule has 2 heterocycles. The minimum absolute atomic E-state index is 0.183. The Labute approximate surface area is 227 Å². The normalized spacial score (nSPS) is 27.2. The number of carbonyl (C=O) groups is 4. The number of ether oxygens (including phenoxy) is 1. The lowest BCUT2D eigenvalue weighted by molar-refractivity contribution is -0.167. The van der Waals surface area contributed by atoms with Crippen molar-refractivity contribution in [1.29, 1.82) is 0 Å². The number of benzene rings is 1. The van der Waals surface area contributed by atoms with Crippen LogP contribution in [0, 0.1) is 11.8 Å². The Kier molecular flexibility index (Phi) is 10.00. The maximum Gasteiger partial charge on any atom is 0.312 e. The lowest BCUT2D eigenvalue weighted by Gasteiger charge is -2.34. The number of aromatic hydroxyl groups is 1. The summed E-state index contributed by atoms with van der Waals surface area (Å²) in [5.41, 5.74) is 0.503. The zero-order chi connectivity index (χ0) is 28.7. The van der Waals surface area contributed by atoms with Crippen molar-refractivity contribution < 1.29 is 34.1 Å². The molecule has 0 aliphatic carbocycles. The number of nitrogens with one attached hydrogen (secondary N) is 3. The molecule has 0 bridgehead atoms. The standard InChI is InChI=1S/C28H36N4O7/c1-5-15(2)24-27(37)30-17(4)21(32-26(36)22-20(33)12-9-13-29-22)25(35)31-19(14-18-10-7-6-8-11-18)23(34)16(3)28(38)39-24/h6-13,15-17,19,21,23-24,33-34H,5,14H2,1-4H3,(H,30,37)(H,31,35)(H,32,36)/t15?,16-,17-,19+,21+,23+,24?/m1/s1. The molecule has 1 aromatic carbocycles. The Morgan fingerprint density at radius 3 is 2.41 bits per heavy atom. The van der Waals surface area contributed by atoms with E-state index in [2.05, 4.69) is 20.9 Å². The van der Waals surface area contributed by atoms with E-state index in [1.165, 1.54) is 32.2 Å². The maximum absolute atomic E-state index is 13.6. The van der Waals surface area contributed by atoms with Gasteiger partial charge in [0, 0.05) is 12.1 Å². The number of nitrogens with zero attached hydrogens (tertiary/aromatic N) is 1. The number of pyridine rings is 1. The van der Waals surface area contributed by atoms with Gasteiger partial charge in [-0.3, -0.25) is 19.2 Å². The molecule has 0 spiro atoms. The molecule has 3 rings (SSSR count). The molecule has 2 unspecified atom stereocenters. The molecule has 11 heteroatoms. The third-order valence-corrected chi connectivity index (χ3v) is 7.03. The fourth-order valence-electron chi connectivity index (χ4n) is 4.35. The third-order valence-electron chi connectivity index (χ3n) is 7.03. The van der Waals surface area contributed by atoms with Gasteiger partial charge >= 0.3 is 5.97 Å². The van der Waals surface area contributed by atoms with Gasteiger partial charge in [0.25, 0.3) is 11.8 Å². The zero-order valence-corrected chi connectivity index (χ0v) is 22.5. The topological polar surface area (TPSA) is 167 Å². The van der Waals surface area contributed by atoms with Crippen molar-refractivity contribution in [2.45, 2.75) is 70.9 Å². The number of cyclic esters (lactones) is 1. The van der Waals surface area contributed by atoms with E-state index in [1.807, 2.05) is 37.3 Å². The largest absolute Gasteiger partial charge is 0.505 e. The van der Waals surface area contributed by atoms with Crippen molar-refractivity contribution in [3.8, 4) is 5.75 Å². The van der Waals surface area contributed by atoms with Crippen molar-refractivity contribution >= 4 is 23.7 Å². The number of carbonyl (C=O) groups excluding carboxylic acids is 4. The van der Waals surface area contributed by atoms with Crippen LogP contribution < -0.4 is 16.0 Å². The first-order valence-electron chi connectivity index (χ1n) is 13.0. The molecular weight excluding hydrogens is 504 g/mol. The molecular formula is C28H36N4O7. The minimum atomic E-state index is -1.37. The summed E-state index contributed by atoms with van der Waals surface area (Å²) in [5, 5.41) is 29.3. The third kappa shape index (κ3) is 7.32. The van der Waals surface area contributed by atoms with E-state index in [4.69, 9.17) is 4.74 Å². The summed E-state index contributed by atoms with van der Waals surface area (Å²) in [4.78, 5) is 56.7. The van der Waals surface area contributed by atoms with Gasteiger partial charge in [0.05, 0.1) is 24.1 Å². The van der Waals surface area contributed by atoms with Crippen LogP contribution in [-0.4, -0.2) is 69.2 Å². The van der Waals surface area contributed by atoms with Crippen LogP contribution in [0.5, 0.6) is 5.75 Å². The second-order valence-electron chi connectivity index (χ2n) is 9.95. The summed E-state index contributed by atoms with van der Waals surface area (Å²) in [5.74, 6) is -4.75. The molecule has 0 saturated carbocycles. The van der Waals surface area contributed by atoms with Crippen LogP contribution in [0.1, 0.15) is 50.2 Å². The number of amides is 3. The van der Waals surface area contributed by atoms with Crippen LogP contribution in [0.4, 0.5) is 0 Å². The average molecular weight is 541 g/mol. The molecule has 3 amide bonds. The summed E-state index contributed by atoms with van der Waals surface area (Å²) in [7, 11) is 0. The summed E-state index contributed by atoms with van der Waals surface area (Å²) in [6.07, 6.45) is -0.520. The van der Waals surface area contributed by atoms with Gasteiger partial charge in [0.1, 0.15) is 11.8 Å². The van der Waals surface area contributed by atoms with Crippen molar-refractivity contribution in [3.63, 3.8) is 0 Å². The Morgan fingerprint density at radius 1 is 1.08 bits per heavy atom. The molecule has 11 nitrogen and oxygen atoms in total. The van der Waals surface area contributed by atoms with Gasteiger partial charge in [-0.05, 0) is 44.4 Å². The smallest absolute Gasteiger partial charge is 0.312 e. The maximum atomic E-state index is 13.6. The van der Waals surface area contributed by atoms with E-state index in [1.54, 1.807) is 6.92 Å². The monoisotopic (exact) mass is 540 g/mol. The van der Waals surface area contributed by atoms with Crippen molar-refractivity contribution in [3.05, 3.63) is 59.9 Å². The highest BCUT2D eigenvalue weighted by molar-refractivity contribution is 5.98. The Bertz CT molecular complexity index is 1180. The Morgan fingerprint density at radius 2 is 1.77 bits per heavy atom. The lowest BCUT2D eigenvalue weighted by Crippen LogP contribution is -2.62. The highest BCUT2D eigenvalue weighted by atomic mass is 16.5. The number of hydrogen-bond acceptors (Lipinski definition) is 8. The quantitative estimate of drug-likeness (QED) is 0.340. The van der Waals surface area contributed by atoms with Gasteiger partial charge in [-0.2, -0.15) is 0 Å². The Hall–Kier alpha value is -3.99. The summed E-state index contributed by atoms with van der Waals surface area (Å²) in [6, 6.07) is 8.61. The van der Waals surface area contributed by atoms with E-state index in [9.17, 15) is 29.4 Å². The minimum Gasteiger partial charge on any atom is -0.505 e. The van der Waals surface area contributed by atoms with Crippen molar-refractivity contribution in [2.75, 3.05) is 0 Å². The average Bonchev–Trinajstić information content (AvgIpc) is 2.92. The van der Waals surface area contributed by atoms with Crippen LogP contribution in [-0.2, 0) is 25.5 Å². The van der Waals surface area contributed by atoms with E-state index < -0.39 is 59.9 Å². The number of aromatic nitrogens is 1.